The molecule has 0 unspecified atom stereocenters. The summed E-state index contributed by atoms with van der Waals surface area (Å²) in [6.07, 6.45) is 3.06. The predicted molar refractivity (Wildman–Crippen MR) is 78.7 cm³/mol. The standard InChI is InChI=1S/C15H21N3O2/c1-2-16-14(19)11-6-5-7-12(10-11)18-15(20)13-8-3-4-9-17-13/h5-7,10,13,17H,2-4,8-9H2,1H3,(H,16,19)(H,18,20)/t13-/m0/s1. The lowest BCUT2D eigenvalue weighted by Crippen LogP contribution is -2.43. The molecule has 5 nitrogen and oxygen atoms in total. The van der Waals surface area contributed by atoms with Gasteiger partial charge in [-0.1, -0.05) is 12.5 Å². The Balaban J connectivity index is 2.00. The first-order chi connectivity index (χ1) is 9.70. The molecular weight excluding hydrogens is 254 g/mol. The van der Waals surface area contributed by atoms with E-state index in [0.717, 1.165) is 25.8 Å². The van der Waals surface area contributed by atoms with E-state index >= 15 is 0 Å². The van der Waals surface area contributed by atoms with E-state index in [0.29, 0.717) is 17.8 Å². The molecule has 1 fully saturated rings. The largest absolute Gasteiger partial charge is 0.352 e. The molecule has 108 valence electrons. The van der Waals surface area contributed by atoms with E-state index in [4.69, 9.17) is 0 Å². The molecule has 3 N–H and O–H groups in total. The molecule has 0 saturated carbocycles. The lowest BCUT2D eigenvalue weighted by atomic mass is 10.0. The average Bonchev–Trinajstić information content (AvgIpc) is 2.48. The van der Waals surface area contributed by atoms with Crippen molar-refractivity contribution in [3.8, 4) is 0 Å². The number of nitrogens with one attached hydrogen (secondary N) is 3. The molecule has 0 bridgehead atoms. The number of rotatable bonds is 4. The monoisotopic (exact) mass is 275 g/mol. The zero-order valence-electron chi connectivity index (χ0n) is 11.7. The Kier molecular flexibility index (Phi) is 5.12. The maximum absolute atomic E-state index is 12.1. The van der Waals surface area contributed by atoms with Gasteiger partial charge in [0.05, 0.1) is 6.04 Å². The lowest BCUT2D eigenvalue weighted by Gasteiger charge is -2.22. The van der Waals surface area contributed by atoms with Crippen LogP contribution in [0, 0.1) is 0 Å². The first-order valence-electron chi connectivity index (χ1n) is 7.13. The van der Waals surface area contributed by atoms with Gasteiger partial charge in [0.15, 0.2) is 0 Å². The Hall–Kier alpha value is -1.88. The minimum atomic E-state index is -0.128. The summed E-state index contributed by atoms with van der Waals surface area (Å²) in [6.45, 7) is 3.34. The summed E-state index contributed by atoms with van der Waals surface area (Å²) >= 11 is 0. The van der Waals surface area contributed by atoms with Gasteiger partial charge in [-0.25, -0.2) is 0 Å². The SMILES string of the molecule is CCNC(=O)c1cccc(NC(=O)[C@@H]2CCCCN2)c1. The molecular formula is C15H21N3O2. The molecule has 1 saturated heterocycles. The zero-order chi connectivity index (χ0) is 14.4. The van der Waals surface area contributed by atoms with Crippen molar-refractivity contribution in [2.45, 2.75) is 32.2 Å². The second-order valence-electron chi connectivity index (χ2n) is 4.93. The fraction of sp³-hybridized carbons (Fsp3) is 0.467. The van der Waals surface area contributed by atoms with E-state index in [1.54, 1.807) is 24.3 Å². The van der Waals surface area contributed by atoms with Crippen molar-refractivity contribution in [3.63, 3.8) is 0 Å². The molecule has 1 heterocycles. The van der Waals surface area contributed by atoms with Crippen molar-refractivity contribution in [3.05, 3.63) is 29.8 Å². The van der Waals surface area contributed by atoms with Gasteiger partial charge in [-0.2, -0.15) is 0 Å². The number of amides is 2. The summed E-state index contributed by atoms with van der Waals surface area (Å²) in [6, 6.07) is 6.88. The smallest absolute Gasteiger partial charge is 0.251 e. The number of anilines is 1. The van der Waals surface area contributed by atoms with E-state index in [2.05, 4.69) is 16.0 Å². The lowest BCUT2D eigenvalue weighted by molar-refractivity contribution is -0.118. The van der Waals surface area contributed by atoms with Crippen LogP contribution in [0.1, 0.15) is 36.5 Å². The highest BCUT2D eigenvalue weighted by Gasteiger charge is 2.20. The summed E-state index contributed by atoms with van der Waals surface area (Å²) in [5, 5.41) is 8.81. The van der Waals surface area contributed by atoms with Gasteiger partial charge >= 0.3 is 0 Å². The summed E-state index contributed by atoms with van der Waals surface area (Å²) in [4.78, 5) is 23.8. The summed E-state index contributed by atoms with van der Waals surface area (Å²) < 4.78 is 0. The van der Waals surface area contributed by atoms with Crippen molar-refractivity contribution in [1.29, 1.82) is 0 Å². The normalized spacial score (nSPS) is 18.4. The van der Waals surface area contributed by atoms with Gasteiger partial charge in [0, 0.05) is 17.8 Å². The van der Waals surface area contributed by atoms with Crippen molar-refractivity contribution in [1.82, 2.24) is 10.6 Å². The topological polar surface area (TPSA) is 70.2 Å². The van der Waals surface area contributed by atoms with Crippen LogP contribution in [0.4, 0.5) is 5.69 Å². The fourth-order valence-electron chi connectivity index (χ4n) is 2.31. The maximum Gasteiger partial charge on any atom is 0.251 e. The minimum absolute atomic E-state index is 0.0299. The molecule has 1 aromatic carbocycles. The Labute approximate surface area is 119 Å². The third-order valence-electron chi connectivity index (χ3n) is 3.36. The zero-order valence-corrected chi connectivity index (χ0v) is 11.7. The minimum Gasteiger partial charge on any atom is -0.352 e. The molecule has 5 heteroatoms. The van der Waals surface area contributed by atoms with Gasteiger partial charge in [-0.15, -0.1) is 0 Å². The third kappa shape index (κ3) is 3.81. The van der Waals surface area contributed by atoms with E-state index in [-0.39, 0.29) is 17.9 Å². The second-order valence-corrected chi connectivity index (χ2v) is 4.93. The Morgan fingerprint density at radius 1 is 1.35 bits per heavy atom. The highest BCUT2D eigenvalue weighted by molar-refractivity contribution is 5.98. The van der Waals surface area contributed by atoms with E-state index in [9.17, 15) is 9.59 Å². The van der Waals surface area contributed by atoms with Gasteiger partial charge < -0.3 is 16.0 Å². The predicted octanol–water partition coefficient (Wildman–Crippen LogP) is 1.52. The summed E-state index contributed by atoms with van der Waals surface area (Å²) in [5.41, 5.74) is 1.22. The second kappa shape index (κ2) is 7.05. The van der Waals surface area contributed by atoms with E-state index < -0.39 is 0 Å². The van der Waals surface area contributed by atoms with Gasteiger partial charge in [0.25, 0.3) is 5.91 Å². The Bertz CT molecular complexity index is 482. The van der Waals surface area contributed by atoms with Crippen LogP contribution >= 0.6 is 0 Å². The van der Waals surface area contributed by atoms with E-state index in [1.165, 1.54) is 0 Å². The average molecular weight is 275 g/mol. The van der Waals surface area contributed by atoms with Gasteiger partial charge in [-0.3, -0.25) is 9.59 Å². The number of carbonyl (C=O) groups is 2. The molecule has 2 rings (SSSR count). The van der Waals surface area contributed by atoms with Crippen LogP contribution in [0.5, 0.6) is 0 Å². The van der Waals surface area contributed by atoms with Gasteiger partial charge in [0.1, 0.15) is 0 Å². The van der Waals surface area contributed by atoms with Crippen LogP contribution in [-0.2, 0) is 4.79 Å². The molecule has 1 aliphatic rings. The summed E-state index contributed by atoms with van der Waals surface area (Å²) in [5.74, 6) is -0.155. The van der Waals surface area contributed by atoms with E-state index in [1.807, 2.05) is 6.92 Å². The van der Waals surface area contributed by atoms with Crippen LogP contribution in [0.25, 0.3) is 0 Å². The van der Waals surface area contributed by atoms with Crippen molar-refractivity contribution >= 4 is 17.5 Å². The highest BCUT2D eigenvalue weighted by atomic mass is 16.2. The molecule has 1 aromatic rings. The quantitative estimate of drug-likeness (QED) is 0.780. The molecule has 1 aliphatic heterocycles. The van der Waals surface area contributed by atoms with Crippen LogP contribution in [0.15, 0.2) is 24.3 Å². The fourth-order valence-corrected chi connectivity index (χ4v) is 2.31. The first-order valence-corrected chi connectivity index (χ1v) is 7.13. The van der Waals surface area contributed by atoms with Crippen LogP contribution < -0.4 is 16.0 Å². The molecule has 1 atom stereocenters. The van der Waals surface area contributed by atoms with Gasteiger partial charge in [-0.05, 0) is 44.5 Å². The Morgan fingerprint density at radius 3 is 2.90 bits per heavy atom. The first kappa shape index (κ1) is 14.5. The summed E-state index contributed by atoms with van der Waals surface area (Å²) in [7, 11) is 0. The molecule has 2 amide bonds. The Morgan fingerprint density at radius 2 is 2.20 bits per heavy atom. The number of piperidine rings is 1. The maximum atomic E-state index is 12.1. The number of carbonyl (C=O) groups excluding carboxylic acids is 2. The van der Waals surface area contributed by atoms with Crippen molar-refractivity contribution in [2.75, 3.05) is 18.4 Å². The molecule has 0 spiro atoms. The molecule has 0 radical (unpaired) electrons. The van der Waals surface area contributed by atoms with Crippen LogP contribution in [0.3, 0.4) is 0 Å². The van der Waals surface area contributed by atoms with Crippen LogP contribution in [0.2, 0.25) is 0 Å². The molecule has 0 aliphatic carbocycles. The third-order valence-corrected chi connectivity index (χ3v) is 3.36. The highest BCUT2D eigenvalue weighted by Crippen LogP contribution is 2.13. The molecule has 20 heavy (non-hydrogen) atoms. The van der Waals surface area contributed by atoms with Gasteiger partial charge in [0.2, 0.25) is 5.91 Å². The van der Waals surface area contributed by atoms with Crippen LogP contribution in [-0.4, -0.2) is 30.9 Å². The van der Waals surface area contributed by atoms with Crippen molar-refractivity contribution < 1.29 is 9.59 Å². The number of hydrogen-bond donors (Lipinski definition) is 3. The number of hydrogen-bond acceptors (Lipinski definition) is 3. The van der Waals surface area contributed by atoms with Crippen molar-refractivity contribution in [2.24, 2.45) is 0 Å². The number of benzene rings is 1. The molecule has 0 aromatic heterocycles.